The second kappa shape index (κ2) is 8.56. The Kier molecular flexibility index (Phi) is 6.37. The maximum atomic E-state index is 14.3. The third kappa shape index (κ3) is 5.09. The third-order valence-electron chi connectivity index (χ3n) is 7.87. The largest absolute Gasteiger partial charge is 0.494 e. The van der Waals surface area contributed by atoms with E-state index >= 15 is 0 Å². The summed E-state index contributed by atoms with van der Waals surface area (Å²) >= 11 is 0. The van der Waals surface area contributed by atoms with Gasteiger partial charge in [0.15, 0.2) is 0 Å². The van der Waals surface area contributed by atoms with E-state index in [0.29, 0.717) is 18.3 Å². The first-order valence-electron chi connectivity index (χ1n) is 12.3. The Hall–Kier alpha value is -1.60. The predicted octanol–water partition coefficient (Wildman–Crippen LogP) is 5.22. The number of alkyl halides is 1. The molecule has 2 saturated heterocycles. The molecule has 2 heterocycles. The molecule has 0 aromatic heterocycles. The van der Waals surface area contributed by atoms with E-state index in [4.69, 9.17) is 14.0 Å². The molecule has 182 valence electrons. The van der Waals surface area contributed by atoms with Crippen molar-refractivity contribution in [3.8, 4) is 0 Å². The first-order valence-corrected chi connectivity index (χ1v) is 12.3. The first kappa shape index (κ1) is 24.5. The smallest absolute Gasteiger partial charge is 0.444 e. The molecule has 1 aliphatic carbocycles. The molecule has 4 atom stereocenters. The standard InChI is InChI=1S/C26H39BFNO4/c1-24(2,3)31-23(30)29-16-21(28)15-22(29)19-9-8-18(14-19)17-10-12-20(13-11-17)27-32-25(4,5)26(6,7)33-27/h10-13,18-19,21-22H,8-9,14-16H2,1-7H3/t18?,19?,21-,22+/m1/s1. The Labute approximate surface area is 198 Å². The second-order valence-electron chi connectivity index (χ2n) is 12.1. The molecule has 33 heavy (non-hydrogen) atoms. The van der Waals surface area contributed by atoms with Crippen LogP contribution in [0.25, 0.3) is 0 Å². The van der Waals surface area contributed by atoms with E-state index in [2.05, 4.69) is 52.0 Å². The minimum Gasteiger partial charge on any atom is -0.444 e. The Balaban J connectivity index is 1.40. The molecule has 0 bridgehead atoms. The summed E-state index contributed by atoms with van der Waals surface area (Å²) in [7, 11) is -0.359. The molecule has 2 aliphatic heterocycles. The lowest BCUT2D eigenvalue weighted by Crippen LogP contribution is -2.42. The summed E-state index contributed by atoms with van der Waals surface area (Å²) < 4.78 is 32.2. The van der Waals surface area contributed by atoms with Crippen molar-refractivity contribution >= 4 is 18.7 Å². The normalized spacial score (nSPS) is 31.3. The monoisotopic (exact) mass is 459 g/mol. The number of hydrogen-bond acceptors (Lipinski definition) is 4. The number of ether oxygens (including phenoxy) is 1. The fourth-order valence-corrected chi connectivity index (χ4v) is 5.36. The summed E-state index contributed by atoms with van der Waals surface area (Å²) in [6.45, 7) is 13.9. The van der Waals surface area contributed by atoms with Gasteiger partial charge in [-0.2, -0.15) is 0 Å². The summed E-state index contributed by atoms with van der Waals surface area (Å²) in [6.07, 6.45) is 2.07. The highest BCUT2D eigenvalue weighted by Gasteiger charge is 2.51. The fourth-order valence-electron chi connectivity index (χ4n) is 5.36. The third-order valence-corrected chi connectivity index (χ3v) is 7.87. The van der Waals surface area contributed by atoms with E-state index in [0.717, 1.165) is 24.7 Å². The van der Waals surface area contributed by atoms with Crippen molar-refractivity contribution in [3.63, 3.8) is 0 Å². The Morgan fingerprint density at radius 2 is 1.67 bits per heavy atom. The molecule has 1 aromatic rings. The zero-order valence-electron chi connectivity index (χ0n) is 21.2. The Morgan fingerprint density at radius 1 is 1.06 bits per heavy atom. The van der Waals surface area contributed by atoms with Crippen LogP contribution in [0.3, 0.4) is 0 Å². The second-order valence-corrected chi connectivity index (χ2v) is 12.1. The van der Waals surface area contributed by atoms with Crippen LogP contribution in [-0.2, 0) is 14.0 Å². The summed E-state index contributed by atoms with van der Waals surface area (Å²) in [5.41, 5.74) is 1.03. The van der Waals surface area contributed by atoms with E-state index < -0.39 is 11.8 Å². The van der Waals surface area contributed by atoms with Gasteiger partial charge in [-0.25, -0.2) is 9.18 Å². The van der Waals surface area contributed by atoms with E-state index in [1.54, 1.807) is 4.90 Å². The summed E-state index contributed by atoms with van der Waals surface area (Å²) in [6, 6.07) is 8.47. The van der Waals surface area contributed by atoms with Crippen molar-refractivity contribution in [2.45, 2.75) is 109 Å². The van der Waals surface area contributed by atoms with Crippen LogP contribution in [-0.4, -0.2) is 53.7 Å². The van der Waals surface area contributed by atoms with Crippen LogP contribution in [0, 0.1) is 5.92 Å². The van der Waals surface area contributed by atoms with Gasteiger partial charge in [0.1, 0.15) is 11.8 Å². The highest BCUT2D eigenvalue weighted by Crippen LogP contribution is 2.44. The molecule has 4 rings (SSSR count). The number of benzene rings is 1. The van der Waals surface area contributed by atoms with Crippen LogP contribution in [0.4, 0.5) is 9.18 Å². The molecular formula is C26H39BFNO4. The molecule has 7 heteroatoms. The number of likely N-dealkylation sites (tertiary alicyclic amines) is 1. The van der Waals surface area contributed by atoms with Crippen molar-refractivity contribution < 1.29 is 23.2 Å². The lowest BCUT2D eigenvalue weighted by Gasteiger charge is -2.32. The SMILES string of the molecule is CC(C)(C)OC(=O)N1C[C@H](F)C[C@H]1C1CCC(c2ccc(B3OC(C)(C)C(C)(C)O3)cc2)C1. The quantitative estimate of drug-likeness (QED) is 0.582. The molecule has 1 amide bonds. The van der Waals surface area contributed by atoms with Crippen molar-refractivity contribution in [2.75, 3.05) is 6.54 Å². The zero-order valence-corrected chi connectivity index (χ0v) is 21.2. The van der Waals surface area contributed by atoms with E-state index in [-0.39, 0.29) is 37.0 Å². The maximum absolute atomic E-state index is 14.3. The molecule has 0 N–H and O–H groups in total. The van der Waals surface area contributed by atoms with Crippen LogP contribution in [0.5, 0.6) is 0 Å². The van der Waals surface area contributed by atoms with Crippen LogP contribution in [0.1, 0.15) is 85.6 Å². The van der Waals surface area contributed by atoms with Crippen LogP contribution >= 0.6 is 0 Å². The van der Waals surface area contributed by atoms with Crippen LogP contribution in [0.2, 0.25) is 0 Å². The summed E-state index contributed by atoms with van der Waals surface area (Å²) in [5.74, 6) is 0.715. The van der Waals surface area contributed by atoms with E-state index in [1.807, 2.05) is 20.8 Å². The number of halogens is 1. The highest BCUT2D eigenvalue weighted by atomic mass is 19.1. The van der Waals surface area contributed by atoms with E-state index in [9.17, 15) is 9.18 Å². The molecule has 1 aromatic carbocycles. The van der Waals surface area contributed by atoms with Crippen molar-refractivity contribution in [1.82, 2.24) is 4.90 Å². The van der Waals surface area contributed by atoms with Gasteiger partial charge in [0.2, 0.25) is 0 Å². The average molecular weight is 459 g/mol. The molecule has 3 aliphatic rings. The predicted molar refractivity (Wildman–Crippen MR) is 128 cm³/mol. The lowest BCUT2D eigenvalue weighted by molar-refractivity contribution is 0.00578. The molecule has 2 unspecified atom stereocenters. The number of carbonyl (C=O) groups is 1. The molecule has 3 fully saturated rings. The maximum Gasteiger partial charge on any atom is 0.494 e. The van der Waals surface area contributed by atoms with Crippen molar-refractivity contribution in [3.05, 3.63) is 29.8 Å². The number of carbonyl (C=O) groups excluding carboxylic acids is 1. The first-order chi connectivity index (χ1) is 15.3. The van der Waals surface area contributed by atoms with Gasteiger partial charge in [0.25, 0.3) is 0 Å². The lowest BCUT2D eigenvalue weighted by atomic mass is 9.78. The Morgan fingerprint density at radius 3 is 2.24 bits per heavy atom. The minimum atomic E-state index is -0.972. The van der Waals surface area contributed by atoms with Gasteiger partial charge in [0.05, 0.1) is 17.7 Å². The molecule has 5 nitrogen and oxygen atoms in total. The van der Waals surface area contributed by atoms with Crippen molar-refractivity contribution in [1.29, 1.82) is 0 Å². The molecule has 0 radical (unpaired) electrons. The molecular weight excluding hydrogens is 420 g/mol. The van der Waals surface area contributed by atoms with Gasteiger partial charge in [-0.05, 0) is 90.6 Å². The van der Waals surface area contributed by atoms with Crippen molar-refractivity contribution in [2.24, 2.45) is 5.92 Å². The Bertz CT molecular complexity index is 850. The summed E-state index contributed by atoms with van der Waals surface area (Å²) in [5, 5.41) is 0. The number of nitrogens with zero attached hydrogens (tertiary/aromatic N) is 1. The minimum absolute atomic E-state index is 0.0797. The van der Waals surface area contributed by atoms with Crippen LogP contribution in [0.15, 0.2) is 24.3 Å². The molecule has 0 spiro atoms. The number of hydrogen-bond donors (Lipinski definition) is 0. The topological polar surface area (TPSA) is 48.0 Å². The fraction of sp³-hybridized carbons (Fsp3) is 0.731. The van der Waals surface area contributed by atoms with Gasteiger partial charge >= 0.3 is 13.2 Å². The number of amides is 1. The zero-order chi connectivity index (χ0) is 24.2. The number of rotatable bonds is 3. The summed E-state index contributed by atoms with van der Waals surface area (Å²) in [4.78, 5) is 14.3. The van der Waals surface area contributed by atoms with Gasteiger partial charge in [0, 0.05) is 12.5 Å². The van der Waals surface area contributed by atoms with E-state index in [1.165, 1.54) is 5.56 Å². The average Bonchev–Trinajstić information content (AvgIpc) is 3.37. The van der Waals surface area contributed by atoms with Gasteiger partial charge in [-0.1, -0.05) is 24.3 Å². The van der Waals surface area contributed by atoms with Gasteiger partial charge < -0.3 is 18.9 Å². The molecule has 1 saturated carbocycles. The van der Waals surface area contributed by atoms with Gasteiger partial charge in [-0.15, -0.1) is 0 Å². The highest BCUT2D eigenvalue weighted by molar-refractivity contribution is 6.62. The van der Waals surface area contributed by atoms with Crippen LogP contribution < -0.4 is 5.46 Å². The van der Waals surface area contributed by atoms with Gasteiger partial charge in [-0.3, -0.25) is 0 Å².